The molecule has 0 aliphatic heterocycles. The Kier molecular flexibility index (Phi) is 4.95. The van der Waals surface area contributed by atoms with Gasteiger partial charge in [-0.05, 0) is 42.2 Å². The lowest BCUT2D eigenvalue weighted by atomic mass is 9.72. The number of nitrogens with one attached hydrogen (secondary N) is 2. The van der Waals surface area contributed by atoms with Crippen molar-refractivity contribution in [3.05, 3.63) is 39.5 Å². The summed E-state index contributed by atoms with van der Waals surface area (Å²) in [6.07, 6.45) is 5.89. The van der Waals surface area contributed by atoms with Crippen LogP contribution in [0.4, 0.5) is 5.82 Å². The van der Waals surface area contributed by atoms with Crippen molar-refractivity contribution in [2.24, 2.45) is 11.3 Å². The predicted molar refractivity (Wildman–Crippen MR) is 101 cm³/mol. The molecule has 26 heavy (non-hydrogen) atoms. The van der Waals surface area contributed by atoms with Gasteiger partial charge in [-0.15, -0.1) is 11.3 Å². The van der Waals surface area contributed by atoms with Crippen LogP contribution in [0.2, 0.25) is 0 Å². The standard InChI is InChI=1S/C18H23N5O2S/c1-18(2,3)11-4-5-12-10(8-11)9-13(26-12)16(24)22-23-17(25)14-15(19)21-7-6-20-14/h6-7,9,11H,4-5,8H2,1-3H3,(H2,19,21)(H,22,24)(H,23,25)/t11-/m1/s1. The number of aryl methyl sites for hydroxylation is 1. The molecule has 3 rings (SSSR count). The molecule has 0 bridgehead atoms. The highest BCUT2D eigenvalue weighted by molar-refractivity contribution is 7.14. The van der Waals surface area contributed by atoms with E-state index in [-0.39, 0.29) is 22.8 Å². The van der Waals surface area contributed by atoms with Gasteiger partial charge < -0.3 is 5.73 Å². The number of nitrogens with zero attached hydrogens (tertiary/aromatic N) is 2. The second kappa shape index (κ2) is 7.03. The molecule has 0 aromatic carbocycles. The average molecular weight is 373 g/mol. The van der Waals surface area contributed by atoms with E-state index in [0.29, 0.717) is 10.8 Å². The largest absolute Gasteiger partial charge is 0.382 e. The molecule has 2 aromatic heterocycles. The van der Waals surface area contributed by atoms with Crippen LogP contribution >= 0.6 is 11.3 Å². The summed E-state index contributed by atoms with van der Waals surface area (Å²) in [6.45, 7) is 6.78. The summed E-state index contributed by atoms with van der Waals surface area (Å²) in [7, 11) is 0. The van der Waals surface area contributed by atoms with Gasteiger partial charge in [-0.2, -0.15) is 0 Å². The molecule has 8 heteroatoms. The van der Waals surface area contributed by atoms with Gasteiger partial charge in [-0.1, -0.05) is 20.8 Å². The van der Waals surface area contributed by atoms with Crippen LogP contribution in [0.15, 0.2) is 18.5 Å². The van der Waals surface area contributed by atoms with Crippen LogP contribution in [0, 0.1) is 11.3 Å². The summed E-state index contributed by atoms with van der Waals surface area (Å²) in [6, 6.07) is 1.94. The van der Waals surface area contributed by atoms with Gasteiger partial charge in [-0.25, -0.2) is 9.97 Å². The van der Waals surface area contributed by atoms with E-state index in [2.05, 4.69) is 41.6 Å². The van der Waals surface area contributed by atoms with Gasteiger partial charge in [0.1, 0.15) is 0 Å². The molecule has 2 aromatic rings. The van der Waals surface area contributed by atoms with E-state index in [9.17, 15) is 9.59 Å². The van der Waals surface area contributed by atoms with Crippen molar-refractivity contribution in [2.45, 2.75) is 40.0 Å². The molecule has 0 radical (unpaired) electrons. The quantitative estimate of drug-likeness (QED) is 0.700. The number of fused-ring (bicyclic) bond motifs is 1. The van der Waals surface area contributed by atoms with Crippen molar-refractivity contribution < 1.29 is 9.59 Å². The van der Waals surface area contributed by atoms with E-state index < -0.39 is 5.91 Å². The third kappa shape index (κ3) is 3.85. The van der Waals surface area contributed by atoms with Gasteiger partial charge in [0.05, 0.1) is 4.88 Å². The molecular formula is C18H23N5O2S. The molecule has 4 N–H and O–H groups in total. The van der Waals surface area contributed by atoms with Crippen molar-refractivity contribution in [2.75, 3.05) is 5.73 Å². The number of nitrogens with two attached hydrogens (primary N) is 1. The lowest BCUT2D eigenvalue weighted by Crippen LogP contribution is -2.42. The average Bonchev–Trinajstić information content (AvgIpc) is 3.02. The molecule has 1 atom stereocenters. The number of carbonyl (C=O) groups is 2. The van der Waals surface area contributed by atoms with Gasteiger partial charge in [-0.3, -0.25) is 20.4 Å². The minimum absolute atomic E-state index is 0.0130. The predicted octanol–water partition coefficient (Wildman–Crippen LogP) is 2.35. The Hall–Kier alpha value is -2.48. The first-order valence-corrected chi connectivity index (χ1v) is 9.36. The van der Waals surface area contributed by atoms with Crippen LogP contribution in [0.5, 0.6) is 0 Å². The van der Waals surface area contributed by atoms with Gasteiger partial charge >= 0.3 is 0 Å². The second-order valence-electron chi connectivity index (χ2n) is 7.56. The van der Waals surface area contributed by atoms with E-state index in [1.54, 1.807) is 0 Å². The molecule has 1 aliphatic rings. The first kappa shape index (κ1) is 18.3. The minimum Gasteiger partial charge on any atom is -0.382 e. The zero-order valence-electron chi connectivity index (χ0n) is 15.1. The highest BCUT2D eigenvalue weighted by atomic mass is 32.1. The van der Waals surface area contributed by atoms with E-state index in [1.807, 2.05) is 6.07 Å². The molecule has 0 unspecified atom stereocenters. The molecule has 2 heterocycles. The summed E-state index contributed by atoms with van der Waals surface area (Å²) >= 11 is 1.49. The van der Waals surface area contributed by atoms with Crippen molar-refractivity contribution in [1.82, 2.24) is 20.8 Å². The van der Waals surface area contributed by atoms with Crippen LogP contribution in [0.25, 0.3) is 0 Å². The molecule has 0 saturated carbocycles. The molecule has 7 nitrogen and oxygen atoms in total. The molecule has 0 fully saturated rings. The third-order valence-electron chi connectivity index (χ3n) is 4.76. The maximum Gasteiger partial charge on any atom is 0.292 e. The summed E-state index contributed by atoms with van der Waals surface area (Å²) < 4.78 is 0. The number of aromatic nitrogens is 2. The summed E-state index contributed by atoms with van der Waals surface area (Å²) in [5.74, 6) is -0.315. The third-order valence-corrected chi connectivity index (χ3v) is 6.00. The monoisotopic (exact) mass is 373 g/mol. The Morgan fingerprint density at radius 2 is 1.88 bits per heavy atom. The SMILES string of the molecule is CC(C)(C)[C@@H]1CCc2sc(C(=O)NNC(=O)c3nccnc3N)cc2C1. The minimum atomic E-state index is -0.599. The summed E-state index contributed by atoms with van der Waals surface area (Å²) in [5.41, 5.74) is 11.8. The van der Waals surface area contributed by atoms with Crippen molar-refractivity contribution >= 4 is 29.0 Å². The van der Waals surface area contributed by atoms with Crippen molar-refractivity contribution in [3.8, 4) is 0 Å². The van der Waals surface area contributed by atoms with Gasteiger partial charge in [0.15, 0.2) is 11.5 Å². The van der Waals surface area contributed by atoms with E-state index in [1.165, 1.54) is 34.2 Å². The van der Waals surface area contributed by atoms with Crippen LogP contribution in [-0.2, 0) is 12.8 Å². The summed E-state index contributed by atoms with van der Waals surface area (Å²) in [5, 5.41) is 0. The lowest BCUT2D eigenvalue weighted by molar-refractivity contribution is 0.0846. The van der Waals surface area contributed by atoms with Crippen LogP contribution in [0.3, 0.4) is 0 Å². The fourth-order valence-corrected chi connectivity index (χ4v) is 4.24. The van der Waals surface area contributed by atoms with Crippen LogP contribution in [0.1, 0.15) is 57.8 Å². The number of thiophene rings is 1. The zero-order valence-corrected chi connectivity index (χ0v) is 15.9. The zero-order chi connectivity index (χ0) is 18.9. The molecule has 138 valence electrons. The topological polar surface area (TPSA) is 110 Å². The Bertz CT molecular complexity index is 840. The van der Waals surface area contributed by atoms with Crippen molar-refractivity contribution in [3.63, 3.8) is 0 Å². The first-order chi connectivity index (χ1) is 12.3. The Balaban J connectivity index is 1.64. The fourth-order valence-electron chi connectivity index (χ4n) is 3.13. The maximum atomic E-state index is 12.4. The Morgan fingerprint density at radius 1 is 1.19 bits per heavy atom. The highest BCUT2D eigenvalue weighted by Crippen LogP contribution is 2.40. The van der Waals surface area contributed by atoms with Gasteiger partial charge in [0, 0.05) is 17.3 Å². The Morgan fingerprint density at radius 3 is 2.58 bits per heavy atom. The normalized spacial score (nSPS) is 16.7. The van der Waals surface area contributed by atoms with Crippen LogP contribution < -0.4 is 16.6 Å². The number of hydrazine groups is 1. The molecule has 0 spiro atoms. The van der Waals surface area contributed by atoms with E-state index in [0.717, 1.165) is 19.3 Å². The number of hydrogen-bond acceptors (Lipinski definition) is 6. The molecule has 0 saturated heterocycles. The van der Waals surface area contributed by atoms with Crippen LogP contribution in [-0.4, -0.2) is 21.8 Å². The van der Waals surface area contributed by atoms with E-state index >= 15 is 0 Å². The number of rotatable bonds is 2. The number of amides is 2. The number of nitrogen functional groups attached to an aromatic ring is 1. The van der Waals surface area contributed by atoms with Crippen molar-refractivity contribution in [1.29, 1.82) is 0 Å². The maximum absolute atomic E-state index is 12.4. The highest BCUT2D eigenvalue weighted by Gasteiger charge is 2.30. The number of anilines is 1. The Labute approximate surface area is 156 Å². The summed E-state index contributed by atoms with van der Waals surface area (Å²) in [4.78, 5) is 33.9. The van der Waals surface area contributed by atoms with Gasteiger partial charge in [0.2, 0.25) is 0 Å². The smallest absolute Gasteiger partial charge is 0.292 e. The molecular weight excluding hydrogens is 350 g/mol. The second-order valence-corrected chi connectivity index (χ2v) is 8.70. The van der Waals surface area contributed by atoms with Gasteiger partial charge in [0.25, 0.3) is 11.8 Å². The van der Waals surface area contributed by atoms with E-state index in [4.69, 9.17) is 5.73 Å². The number of carbonyl (C=O) groups excluding carboxylic acids is 2. The molecule has 2 amide bonds. The number of hydrogen-bond donors (Lipinski definition) is 3. The molecule has 1 aliphatic carbocycles. The lowest BCUT2D eigenvalue weighted by Gasteiger charge is -2.33. The fraction of sp³-hybridized carbons (Fsp3) is 0.444. The first-order valence-electron chi connectivity index (χ1n) is 8.54.